The summed E-state index contributed by atoms with van der Waals surface area (Å²) in [5, 5.41) is 2.18. The van der Waals surface area contributed by atoms with Crippen molar-refractivity contribution in [3.05, 3.63) is 82.1 Å². The molecule has 2 atom stereocenters. The average molecular weight is 450 g/mol. The molecule has 3 aromatic heterocycles. The molecule has 5 heteroatoms. The minimum atomic E-state index is -0.0829. The number of nitrogens with zero attached hydrogens (tertiary/aromatic N) is 3. The maximum Gasteiger partial charge on any atom is 0.0894 e. The molecule has 4 rings (SSSR count). The van der Waals surface area contributed by atoms with E-state index in [2.05, 4.69) is 77.4 Å². The number of hydrogen-bond acceptors (Lipinski definition) is 5. The van der Waals surface area contributed by atoms with E-state index < -0.39 is 0 Å². The highest BCUT2D eigenvalue weighted by molar-refractivity contribution is 7.09. The highest BCUT2D eigenvalue weighted by Gasteiger charge is 2.48. The molecular formula is C27H35N3OS. The minimum absolute atomic E-state index is 0.0523. The molecule has 0 spiro atoms. The lowest BCUT2D eigenvalue weighted by molar-refractivity contribution is -0.0436. The normalized spacial score (nSPS) is 20.5. The van der Waals surface area contributed by atoms with E-state index in [9.17, 15) is 0 Å². The average Bonchev–Trinajstić information content (AvgIpc) is 3.48. The molecule has 4 heterocycles. The Hall–Kier alpha value is -2.08. The summed E-state index contributed by atoms with van der Waals surface area (Å²) in [5.74, 6) is 0. The maximum atomic E-state index is 6.50. The van der Waals surface area contributed by atoms with E-state index >= 15 is 0 Å². The molecule has 1 aliphatic rings. The van der Waals surface area contributed by atoms with Crippen LogP contribution in [0.4, 0.5) is 0 Å². The van der Waals surface area contributed by atoms with Gasteiger partial charge in [-0.05, 0) is 94.3 Å². The molecule has 32 heavy (non-hydrogen) atoms. The zero-order valence-corrected chi connectivity index (χ0v) is 20.6. The second kappa shape index (κ2) is 9.82. The SMILES string of the molecule is CCOC(c1ccncc1)C1(CCc2cccs2)CCN(C(C)(C)c2ccc(C)nc2)C1. The molecule has 0 amide bonds. The zero-order chi connectivity index (χ0) is 22.6. The van der Waals surface area contributed by atoms with Crippen molar-refractivity contribution in [1.29, 1.82) is 0 Å². The van der Waals surface area contributed by atoms with Crippen LogP contribution >= 0.6 is 11.3 Å². The van der Waals surface area contributed by atoms with Crippen LogP contribution in [0.2, 0.25) is 0 Å². The van der Waals surface area contributed by atoms with E-state index in [4.69, 9.17) is 4.74 Å². The van der Waals surface area contributed by atoms with E-state index in [-0.39, 0.29) is 17.1 Å². The third kappa shape index (κ3) is 4.80. The summed E-state index contributed by atoms with van der Waals surface area (Å²) in [5.41, 5.74) is 3.54. The van der Waals surface area contributed by atoms with Gasteiger partial charge in [0.15, 0.2) is 0 Å². The molecule has 0 aliphatic carbocycles. The van der Waals surface area contributed by atoms with Crippen molar-refractivity contribution in [2.45, 2.75) is 58.6 Å². The van der Waals surface area contributed by atoms with Gasteiger partial charge >= 0.3 is 0 Å². The lowest BCUT2D eigenvalue weighted by Gasteiger charge is -2.41. The third-order valence-electron chi connectivity index (χ3n) is 7.14. The second-order valence-corrected chi connectivity index (χ2v) is 10.5. The van der Waals surface area contributed by atoms with Crippen LogP contribution in [0.5, 0.6) is 0 Å². The van der Waals surface area contributed by atoms with Gasteiger partial charge in [-0.25, -0.2) is 0 Å². The zero-order valence-electron chi connectivity index (χ0n) is 19.8. The first-order chi connectivity index (χ1) is 15.4. The molecule has 170 valence electrons. The molecule has 4 nitrogen and oxygen atoms in total. The van der Waals surface area contributed by atoms with E-state index in [0.29, 0.717) is 6.61 Å². The summed E-state index contributed by atoms with van der Waals surface area (Å²) < 4.78 is 6.50. The van der Waals surface area contributed by atoms with Crippen LogP contribution in [0.3, 0.4) is 0 Å². The fourth-order valence-corrected chi connectivity index (χ4v) is 5.80. The van der Waals surface area contributed by atoms with Gasteiger partial charge in [0.1, 0.15) is 0 Å². The molecule has 0 bridgehead atoms. The molecule has 1 saturated heterocycles. The summed E-state index contributed by atoms with van der Waals surface area (Å²) in [7, 11) is 0. The molecular weight excluding hydrogens is 414 g/mol. The standard InChI is InChI=1S/C27H35N3OS/c1-5-31-25(22-11-15-28-16-12-22)27(13-10-24-7-6-18-32-24)14-17-30(20-27)26(3,4)23-9-8-21(2)29-19-23/h6-9,11-12,15-16,18-19,25H,5,10,13-14,17,20H2,1-4H3. The van der Waals surface area contributed by atoms with Gasteiger partial charge in [-0.2, -0.15) is 0 Å². The Bertz CT molecular complexity index is 972. The van der Waals surface area contributed by atoms with Gasteiger partial charge in [0.05, 0.1) is 6.10 Å². The fourth-order valence-electron chi connectivity index (χ4n) is 5.09. The van der Waals surface area contributed by atoms with Crippen LogP contribution in [-0.2, 0) is 16.7 Å². The van der Waals surface area contributed by atoms with Crippen molar-refractivity contribution in [3.63, 3.8) is 0 Å². The summed E-state index contributed by atoms with van der Waals surface area (Å²) in [6.07, 6.45) is 9.21. The first-order valence-electron chi connectivity index (χ1n) is 11.7. The topological polar surface area (TPSA) is 38.2 Å². The number of aryl methyl sites for hydroxylation is 2. The fraction of sp³-hybridized carbons (Fsp3) is 0.481. The smallest absolute Gasteiger partial charge is 0.0894 e. The first-order valence-corrected chi connectivity index (χ1v) is 12.5. The van der Waals surface area contributed by atoms with Crippen LogP contribution in [0, 0.1) is 12.3 Å². The number of rotatable bonds is 9. The Morgan fingerprint density at radius 3 is 2.66 bits per heavy atom. The molecule has 3 aromatic rings. The minimum Gasteiger partial charge on any atom is -0.373 e. The van der Waals surface area contributed by atoms with Crippen LogP contribution in [0.25, 0.3) is 0 Å². The van der Waals surface area contributed by atoms with E-state index in [0.717, 1.165) is 38.0 Å². The predicted octanol–water partition coefficient (Wildman–Crippen LogP) is 6.18. The van der Waals surface area contributed by atoms with Crippen molar-refractivity contribution in [3.8, 4) is 0 Å². The van der Waals surface area contributed by atoms with Crippen LogP contribution in [0.1, 0.15) is 61.4 Å². The monoisotopic (exact) mass is 449 g/mol. The van der Waals surface area contributed by atoms with Crippen LogP contribution < -0.4 is 0 Å². The number of thiophene rings is 1. The summed E-state index contributed by atoms with van der Waals surface area (Å²) in [6, 6.07) is 13.0. The second-order valence-electron chi connectivity index (χ2n) is 9.48. The number of aromatic nitrogens is 2. The first kappa shape index (κ1) is 23.1. The van der Waals surface area contributed by atoms with Crippen molar-refractivity contribution in [1.82, 2.24) is 14.9 Å². The van der Waals surface area contributed by atoms with Gasteiger partial charge in [0, 0.05) is 53.3 Å². The van der Waals surface area contributed by atoms with E-state index in [1.165, 1.54) is 16.0 Å². The largest absolute Gasteiger partial charge is 0.373 e. The molecule has 1 fully saturated rings. The highest BCUT2D eigenvalue weighted by Crippen LogP contribution is 2.50. The predicted molar refractivity (Wildman–Crippen MR) is 132 cm³/mol. The van der Waals surface area contributed by atoms with E-state index in [1.54, 1.807) is 0 Å². The molecule has 2 unspecified atom stereocenters. The quantitative estimate of drug-likeness (QED) is 0.391. The number of pyridine rings is 2. The number of likely N-dealkylation sites (tertiary alicyclic amines) is 1. The van der Waals surface area contributed by atoms with Gasteiger partial charge in [0.25, 0.3) is 0 Å². The van der Waals surface area contributed by atoms with Crippen molar-refractivity contribution in [2.75, 3.05) is 19.7 Å². The van der Waals surface area contributed by atoms with Crippen LogP contribution in [0.15, 0.2) is 60.4 Å². The lowest BCUT2D eigenvalue weighted by Crippen LogP contribution is -2.43. The highest BCUT2D eigenvalue weighted by atomic mass is 32.1. The Kier molecular flexibility index (Phi) is 7.08. The van der Waals surface area contributed by atoms with Gasteiger partial charge in [0.2, 0.25) is 0 Å². The Balaban J connectivity index is 1.65. The summed E-state index contributed by atoms with van der Waals surface area (Å²) in [6.45, 7) is 11.6. The number of ether oxygens (including phenoxy) is 1. The van der Waals surface area contributed by atoms with Crippen molar-refractivity contribution in [2.24, 2.45) is 5.41 Å². The van der Waals surface area contributed by atoms with Crippen molar-refractivity contribution >= 4 is 11.3 Å². The van der Waals surface area contributed by atoms with Gasteiger partial charge < -0.3 is 4.74 Å². The molecule has 0 N–H and O–H groups in total. The Morgan fingerprint density at radius 1 is 1.19 bits per heavy atom. The Morgan fingerprint density at radius 2 is 2.00 bits per heavy atom. The maximum absolute atomic E-state index is 6.50. The summed E-state index contributed by atoms with van der Waals surface area (Å²) in [4.78, 5) is 12.9. The summed E-state index contributed by atoms with van der Waals surface area (Å²) >= 11 is 1.86. The van der Waals surface area contributed by atoms with Crippen LogP contribution in [-0.4, -0.2) is 34.6 Å². The van der Waals surface area contributed by atoms with Crippen molar-refractivity contribution < 1.29 is 4.74 Å². The van der Waals surface area contributed by atoms with Gasteiger partial charge in [-0.3, -0.25) is 14.9 Å². The van der Waals surface area contributed by atoms with E-state index in [1.807, 2.05) is 36.9 Å². The lowest BCUT2D eigenvalue weighted by atomic mass is 9.74. The molecule has 0 aromatic carbocycles. The Labute approximate surface area is 196 Å². The van der Waals surface area contributed by atoms with Gasteiger partial charge in [-0.15, -0.1) is 11.3 Å². The third-order valence-corrected chi connectivity index (χ3v) is 8.08. The molecule has 1 aliphatic heterocycles. The molecule has 0 radical (unpaired) electrons. The number of hydrogen-bond donors (Lipinski definition) is 0. The van der Waals surface area contributed by atoms with Gasteiger partial charge in [-0.1, -0.05) is 12.1 Å². The molecule has 0 saturated carbocycles.